The fourth-order valence-corrected chi connectivity index (χ4v) is 2.70. The Morgan fingerprint density at radius 3 is 2.60 bits per heavy atom. The largest absolute Gasteiger partial charge is 0.370 e. The molecule has 0 bridgehead atoms. The molecule has 80 valence electrons. The van der Waals surface area contributed by atoms with E-state index in [1.54, 1.807) is 0 Å². The molecule has 1 aromatic carbocycles. The zero-order chi connectivity index (χ0) is 10.1. The van der Waals surface area contributed by atoms with Gasteiger partial charge < -0.3 is 10.1 Å². The van der Waals surface area contributed by atoms with Crippen molar-refractivity contribution in [3.05, 3.63) is 35.4 Å². The Morgan fingerprint density at radius 2 is 1.80 bits per heavy atom. The van der Waals surface area contributed by atoms with Gasteiger partial charge in [-0.15, -0.1) is 0 Å². The number of hydrogen-bond donors (Lipinski definition) is 1. The zero-order valence-electron chi connectivity index (χ0n) is 8.96. The van der Waals surface area contributed by atoms with E-state index in [2.05, 4.69) is 29.6 Å². The summed E-state index contributed by atoms with van der Waals surface area (Å²) < 4.78 is 6.09. The Kier molecular flexibility index (Phi) is 2.26. The van der Waals surface area contributed by atoms with Gasteiger partial charge in [-0.1, -0.05) is 24.3 Å². The molecular formula is C13H17NO. The van der Waals surface area contributed by atoms with Gasteiger partial charge in [-0.3, -0.25) is 0 Å². The summed E-state index contributed by atoms with van der Waals surface area (Å²) >= 11 is 0. The second kappa shape index (κ2) is 3.62. The van der Waals surface area contributed by atoms with Crippen LogP contribution in [0.2, 0.25) is 0 Å². The number of ether oxygens (including phenoxy) is 1. The molecule has 1 saturated heterocycles. The third-order valence-electron chi connectivity index (χ3n) is 3.68. The van der Waals surface area contributed by atoms with Crippen LogP contribution in [0, 0.1) is 0 Å². The summed E-state index contributed by atoms with van der Waals surface area (Å²) in [6, 6.07) is 8.67. The Bertz CT molecular complexity index is 355. The van der Waals surface area contributed by atoms with E-state index in [0.29, 0.717) is 0 Å². The van der Waals surface area contributed by atoms with Gasteiger partial charge >= 0.3 is 0 Å². The first-order valence-corrected chi connectivity index (χ1v) is 5.80. The molecular weight excluding hydrogens is 186 g/mol. The molecule has 1 aromatic rings. The van der Waals surface area contributed by atoms with Gasteiger partial charge in [0.25, 0.3) is 0 Å². The quantitative estimate of drug-likeness (QED) is 0.695. The van der Waals surface area contributed by atoms with Crippen LogP contribution in [0.25, 0.3) is 0 Å². The summed E-state index contributed by atoms with van der Waals surface area (Å²) in [5.41, 5.74) is 3.01. The number of rotatable bonds is 0. The molecule has 1 fully saturated rings. The molecule has 0 atom stereocenters. The lowest BCUT2D eigenvalue weighted by Crippen LogP contribution is -2.47. The summed E-state index contributed by atoms with van der Waals surface area (Å²) in [5.74, 6) is 0. The first-order chi connectivity index (χ1) is 7.38. The molecule has 1 spiro atoms. The van der Waals surface area contributed by atoms with E-state index in [1.807, 2.05) is 0 Å². The molecule has 0 amide bonds. The topological polar surface area (TPSA) is 21.3 Å². The van der Waals surface area contributed by atoms with Crippen LogP contribution in [0.1, 0.15) is 24.0 Å². The first-order valence-electron chi connectivity index (χ1n) is 5.80. The molecule has 0 aromatic heterocycles. The third-order valence-corrected chi connectivity index (χ3v) is 3.68. The van der Waals surface area contributed by atoms with Gasteiger partial charge in [0.1, 0.15) is 0 Å². The van der Waals surface area contributed by atoms with E-state index in [-0.39, 0.29) is 5.60 Å². The zero-order valence-corrected chi connectivity index (χ0v) is 8.96. The lowest BCUT2D eigenvalue weighted by Gasteiger charge is -2.41. The van der Waals surface area contributed by atoms with Gasteiger partial charge in [-0.05, 0) is 37.1 Å². The number of hydrogen-bond acceptors (Lipinski definition) is 2. The number of nitrogens with one attached hydrogen (secondary N) is 1. The van der Waals surface area contributed by atoms with Crippen LogP contribution >= 0.6 is 0 Å². The fourth-order valence-electron chi connectivity index (χ4n) is 2.70. The molecule has 2 heteroatoms. The molecule has 2 nitrogen and oxygen atoms in total. The minimum absolute atomic E-state index is 0.138. The van der Waals surface area contributed by atoms with Crippen molar-refractivity contribution in [3.8, 4) is 0 Å². The average Bonchev–Trinajstić information content (AvgIpc) is 2.30. The van der Waals surface area contributed by atoms with Crippen molar-refractivity contribution < 1.29 is 4.74 Å². The predicted molar refractivity (Wildman–Crippen MR) is 59.8 cm³/mol. The second-order valence-electron chi connectivity index (χ2n) is 4.67. The van der Waals surface area contributed by atoms with Crippen molar-refractivity contribution >= 4 is 0 Å². The Hall–Kier alpha value is -0.860. The van der Waals surface area contributed by atoms with E-state index in [9.17, 15) is 0 Å². The van der Waals surface area contributed by atoms with Gasteiger partial charge in [0.2, 0.25) is 0 Å². The summed E-state index contributed by atoms with van der Waals surface area (Å²) in [6.07, 6.45) is 3.41. The molecule has 0 unspecified atom stereocenters. The highest BCUT2D eigenvalue weighted by atomic mass is 16.5. The monoisotopic (exact) mass is 203 g/mol. The maximum Gasteiger partial charge on any atom is 0.0751 e. The third kappa shape index (κ3) is 1.68. The Morgan fingerprint density at radius 1 is 1.07 bits per heavy atom. The molecule has 2 aliphatic heterocycles. The van der Waals surface area contributed by atoms with Gasteiger partial charge in [0, 0.05) is 6.42 Å². The summed E-state index contributed by atoms with van der Waals surface area (Å²) in [4.78, 5) is 0. The maximum atomic E-state index is 6.09. The highest BCUT2D eigenvalue weighted by Crippen LogP contribution is 2.34. The van der Waals surface area contributed by atoms with Crippen molar-refractivity contribution in [2.24, 2.45) is 0 Å². The van der Waals surface area contributed by atoms with Crippen LogP contribution in [0.15, 0.2) is 24.3 Å². The molecule has 3 rings (SSSR count). The molecule has 0 aliphatic carbocycles. The van der Waals surface area contributed by atoms with Crippen molar-refractivity contribution in [1.82, 2.24) is 5.32 Å². The summed E-state index contributed by atoms with van der Waals surface area (Å²) in [5, 5.41) is 3.40. The first kappa shape index (κ1) is 9.37. The summed E-state index contributed by atoms with van der Waals surface area (Å²) in [7, 11) is 0. The van der Waals surface area contributed by atoms with E-state index in [1.165, 1.54) is 11.1 Å². The number of piperidine rings is 1. The maximum absolute atomic E-state index is 6.09. The van der Waals surface area contributed by atoms with Crippen LogP contribution in [-0.2, 0) is 17.8 Å². The van der Waals surface area contributed by atoms with Gasteiger partial charge in [-0.25, -0.2) is 0 Å². The van der Waals surface area contributed by atoms with Gasteiger partial charge in [-0.2, -0.15) is 0 Å². The summed E-state index contributed by atoms with van der Waals surface area (Å²) in [6.45, 7) is 3.00. The predicted octanol–water partition coefficient (Wildman–Crippen LogP) is 1.88. The normalized spacial score (nSPS) is 23.7. The second-order valence-corrected chi connectivity index (χ2v) is 4.67. The molecule has 1 N–H and O–H groups in total. The van der Waals surface area contributed by atoms with Crippen molar-refractivity contribution in [3.63, 3.8) is 0 Å². The van der Waals surface area contributed by atoms with Gasteiger partial charge in [0.15, 0.2) is 0 Å². The molecule has 15 heavy (non-hydrogen) atoms. The molecule has 2 heterocycles. The van der Waals surface area contributed by atoms with E-state index in [4.69, 9.17) is 4.74 Å². The Labute approximate surface area is 90.6 Å². The van der Waals surface area contributed by atoms with Crippen molar-refractivity contribution in [1.29, 1.82) is 0 Å². The van der Waals surface area contributed by atoms with Crippen molar-refractivity contribution in [2.75, 3.05) is 13.1 Å². The minimum atomic E-state index is 0.138. The highest BCUT2D eigenvalue weighted by molar-refractivity contribution is 5.30. The van der Waals surface area contributed by atoms with E-state index < -0.39 is 0 Å². The molecule has 0 radical (unpaired) electrons. The van der Waals surface area contributed by atoms with Crippen LogP contribution in [0.4, 0.5) is 0 Å². The number of fused-ring (bicyclic) bond motifs is 1. The van der Waals surface area contributed by atoms with Crippen molar-refractivity contribution in [2.45, 2.75) is 31.5 Å². The standard InChI is InChI=1S/C13H17NO/c1-2-4-12-10-15-13(9-11(12)3-1)5-7-14-8-6-13/h1-4,14H,5-10H2. The van der Waals surface area contributed by atoms with E-state index >= 15 is 0 Å². The van der Waals surface area contributed by atoms with Gasteiger partial charge in [0.05, 0.1) is 12.2 Å². The fraction of sp³-hybridized carbons (Fsp3) is 0.538. The Balaban J connectivity index is 1.87. The van der Waals surface area contributed by atoms with Crippen LogP contribution in [0.5, 0.6) is 0 Å². The van der Waals surface area contributed by atoms with Crippen LogP contribution in [0.3, 0.4) is 0 Å². The van der Waals surface area contributed by atoms with Crippen LogP contribution < -0.4 is 5.32 Å². The number of benzene rings is 1. The highest BCUT2D eigenvalue weighted by Gasteiger charge is 2.36. The minimum Gasteiger partial charge on any atom is -0.370 e. The molecule has 2 aliphatic rings. The van der Waals surface area contributed by atoms with E-state index in [0.717, 1.165) is 39.0 Å². The lowest BCUT2D eigenvalue weighted by atomic mass is 9.82. The smallest absolute Gasteiger partial charge is 0.0751 e. The van der Waals surface area contributed by atoms with Crippen LogP contribution in [-0.4, -0.2) is 18.7 Å². The SMILES string of the molecule is c1ccc2c(c1)COC1(CCNCC1)C2. The average molecular weight is 203 g/mol. The molecule has 0 saturated carbocycles. The lowest BCUT2D eigenvalue weighted by molar-refractivity contribution is -0.0855.